The third-order valence-electron chi connectivity index (χ3n) is 7.68. The zero-order valence-corrected chi connectivity index (χ0v) is 23.3. The van der Waals surface area contributed by atoms with Crippen LogP contribution in [-0.4, -0.2) is 84.2 Å². The average molecular weight is 551 g/mol. The first-order chi connectivity index (χ1) is 19.3. The fourth-order valence-electron chi connectivity index (χ4n) is 5.20. The van der Waals surface area contributed by atoms with E-state index in [1.54, 1.807) is 12.1 Å². The Kier molecular flexibility index (Phi) is 8.37. The van der Waals surface area contributed by atoms with Crippen LogP contribution in [0.3, 0.4) is 0 Å². The molecule has 3 fully saturated rings. The molecule has 11 heteroatoms. The first-order valence-corrected chi connectivity index (χ1v) is 14.3. The normalized spacial score (nSPS) is 17.5. The van der Waals surface area contributed by atoms with Gasteiger partial charge in [-0.05, 0) is 43.9 Å². The van der Waals surface area contributed by atoms with Crippen LogP contribution in [0.25, 0.3) is 0 Å². The lowest BCUT2D eigenvalue weighted by atomic mass is 10.1. The maximum absolute atomic E-state index is 13.1. The molecule has 1 aliphatic carbocycles. The number of rotatable bonds is 10. The first-order valence-electron chi connectivity index (χ1n) is 14.3. The van der Waals surface area contributed by atoms with E-state index >= 15 is 0 Å². The van der Waals surface area contributed by atoms with E-state index in [9.17, 15) is 19.2 Å². The second-order valence-electron chi connectivity index (χ2n) is 11.1. The topological polar surface area (TPSA) is 128 Å². The highest BCUT2D eigenvalue weighted by Gasteiger charge is 2.30. The van der Waals surface area contributed by atoms with E-state index in [4.69, 9.17) is 4.42 Å². The molecule has 1 saturated carbocycles. The molecule has 0 radical (unpaired) electrons. The predicted octanol–water partition coefficient (Wildman–Crippen LogP) is 2.85. The minimum absolute atomic E-state index is 0.0574. The Bertz CT molecular complexity index is 1260. The van der Waals surface area contributed by atoms with Crippen molar-refractivity contribution in [3.8, 4) is 0 Å². The summed E-state index contributed by atoms with van der Waals surface area (Å²) in [6.07, 6.45) is 5.58. The van der Waals surface area contributed by atoms with E-state index in [0.717, 1.165) is 31.5 Å². The number of aromatic nitrogens is 1. The van der Waals surface area contributed by atoms with Crippen molar-refractivity contribution in [1.29, 1.82) is 0 Å². The number of hydrogen-bond acceptors (Lipinski definition) is 7. The Morgan fingerprint density at radius 1 is 1.07 bits per heavy atom. The molecule has 3 aliphatic rings. The molecule has 2 aromatic rings. The summed E-state index contributed by atoms with van der Waals surface area (Å²) >= 11 is 0. The van der Waals surface area contributed by atoms with Crippen LogP contribution in [0.5, 0.6) is 0 Å². The molecule has 0 bridgehead atoms. The lowest BCUT2D eigenvalue weighted by molar-refractivity contribution is -0.134. The number of carbonyl (C=O) groups excluding carboxylic acids is 4. The van der Waals surface area contributed by atoms with Crippen molar-refractivity contribution in [1.82, 2.24) is 20.1 Å². The number of hydrogen-bond donors (Lipinski definition) is 2. The summed E-state index contributed by atoms with van der Waals surface area (Å²) in [5.41, 5.74) is 1.90. The minimum atomic E-state index is -0.404. The monoisotopic (exact) mass is 550 g/mol. The first kappa shape index (κ1) is 27.7. The third-order valence-corrected chi connectivity index (χ3v) is 7.68. The van der Waals surface area contributed by atoms with Gasteiger partial charge in [0.2, 0.25) is 11.8 Å². The van der Waals surface area contributed by atoms with Gasteiger partial charge < -0.3 is 29.8 Å². The van der Waals surface area contributed by atoms with Gasteiger partial charge >= 0.3 is 0 Å². The Labute approximate surface area is 234 Å². The number of carbonyl (C=O) groups is 4. The van der Waals surface area contributed by atoms with Crippen molar-refractivity contribution in [3.63, 3.8) is 0 Å². The number of oxazole rings is 1. The largest absolute Gasteiger partial charge is 0.448 e. The Morgan fingerprint density at radius 2 is 1.85 bits per heavy atom. The van der Waals surface area contributed by atoms with E-state index in [2.05, 4.69) is 20.5 Å². The third kappa shape index (κ3) is 6.46. The average Bonchev–Trinajstić information content (AvgIpc) is 3.54. The summed E-state index contributed by atoms with van der Waals surface area (Å²) in [6.45, 7) is 8.04. The summed E-state index contributed by atoms with van der Waals surface area (Å²) in [4.78, 5) is 60.5. The van der Waals surface area contributed by atoms with Crippen LogP contribution in [-0.2, 0) is 9.59 Å². The lowest BCUT2D eigenvalue weighted by Crippen LogP contribution is -2.50. The zero-order chi connectivity index (χ0) is 28.2. The number of nitrogens with one attached hydrogen (secondary N) is 2. The van der Waals surface area contributed by atoms with Crippen molar-refractivity contribution in [2.24, 2.45) is 5.92 Å². The molecule has 1 aromatic carbocycles. The summed E-state index contributed by atoms with van der Waals surface area (Å²) in [7, 11) is 0. The molecule has 40 heavy (non-hydrogen) atoms. The van der Waals surface area contributed by atoms with Gasteiger partial charge in [-0.1, -0.05) is 13.8 Å². The number of likely N-dealkylation sites (tertiary alicyclic amines) is 1. The smallest absolute Gasteiger partial charge is 0.277 e. The molecule has 1 aromatic heterocycles. The molecule has 3 heterocycles. The molecule has 2 aliphatic heterocycles. The van der Waals surface area contributed by atoms with Crippen LogP contribution in [0.2, 0.25) is 0 Å². The van der Waals surface area contributed by atoms with Gasteiger partial charge in [0.15, 0.2) is 11.6 Å². The molecular weight excluding hydrogens is 512 g/mol. The van der Waals surface area contributed by atoms with Gasteiger partial charge in [0.25, 0.3) is 11.8 Å². The number of amides is 4. The fourth-order valence-corrected chi connectivity index (χ4v) is 5.20. The van der Waals surface area contributed by atoms with Gasteiger partial charge in [-0.3, -0.25) is 19.2 Å². The molecule has 0 unspecified atom stereocenters. The van der Waals surface area contributed by atoms with Gasteiger partial charge in [0, 0.05) is 69.6 Å². The van der Waals surface area contributed by atoms with E-state index in [0.29, 0.717) is 69.3 Å². The lowest BCUT2D eigenvalue weighted by Gasteiger charge is -2.37. The van der Waals surface area contributed by atoms with Crippen LogP contribution < -0.4 is 15.5 Å². The fraction of sp³-hybridized carbons (Fsp3) is 0.552. The molecule has 4 amide bonds. The number of nitrogens with zero attached hydrogens (tertiary/aromatic N) is 4. The second kappa shape index (κ2) is 12.1. The van der Waals surface area contributed by atoms with Crippen LogP contribution in [0, 0.1) is 5.92 Å². The SMILES string of the molecule is CC(C)C(=O)N1CCN(c2ccc(C(=O)NCCCN3CCCC3=O)cc2NC(=O)c2coc(C3CC3)n2)CC1. The predicted molar refractivity (Wildman–Crippen MR) is 149 cm³/mol. The van der Waals surface area contributed by atoms with Gasteiger partial charge in [0.1, 0.15) is 6.26 Å². The van der Waals surface area contributed by atoms with Gasteiger partial charge in [-0.15, -0.1) is 0 Å². The highest BCUT2D eigenvalue weighted by atomic mass is 16.3. The van der Waals surface area contributed by atoms with E-state index < -0.39 is 5.91 Å². The number of anilines is 2. The maximum Gasteiger partial charge on any atom is 0.277 e. The molecule has 0 atom stereocenters. The molecule has 11 nitrogen and oxygen atoms in total. The minimum Gasteiger partial charge on any atom is -0.448 e. The van der Waals surface area contributed by atoms with Crippen LogP contribution in [0.4, 0.5) is 11.4 Å². The number of piperazine rings is 1. The maximum atomic E-state index is 13.1. The molecular formula is C29H38N6O5. The summed E-state index contributed by atoms with van der Waals surface area (Å²) in [6, 6.07) is 5.27. The molecule has 0 spiro atoms. The highest BCUT2D eigenvalue weighted by molar-refractivity contribution is 6.06. The zero-order valence-electron chi connectivity index (χ0n) is 23.3. The van der Waals surface area contributed by atoms with Crippen molar-refractivity contribution < 1.29 is 23.6 Å². The Balaban J connectivity index is 1.27. The standard InChI is InChI=1S/C29H38N6O5/c1-19(2)29(39)35-15-13-33(14-16-35)24-9-8-21(26(37)30-10-4-12-34-11-3-5-25(34)36)17-22(24)31-27(38)23-18-40-28(32-23)20-6-7-20/h8-9,17-20H,3-7,10-16H2,1-2H3,(H,30,37)(H,31,38). The second-order valence-corrected chi connectivity index (χ2v) is 11.1. The Hall–Kier alpha value is -3.89. The summed E-state index contributed by atoms with van der Waals surface area (Å²) in [5.74, 6) is 0.466. The van der Waals surface area contributed by atoms with Crippen LogP contribution in [0.15, 0.2) is 28.9 Å². The van der Waals surface area contributed by atoms with Gasteiger partial charge in [-0.2, -0.15) is 0 Å². The van der Waals surface area contributed by atoms with E-state index in [-0.39, 0.29) is 35.3 Å². The van der Waals surface area contributed by atoms with E-state index in [1.807, 2.05) is 29.7 Å². The van der Waals surface area contributed by atoms with Crippen LogP contribution in [0.1, 0.15) is 78.6 Å². The summed E-state index contributed by atoms with van der Waals surface area (Å²) in [5, 5.41) is 5.87. The van der Waals surface area contributed by atoms with Crippen molar-refractivity contribution >= 4 is 35.0 Å². The van der Waals surface area contributed by atoms with Crippen molar-refractivity contribution in [2.75, 3.05) is 56.0 Å². The highest BCUT2D eigenvalue weighted by Crippen LogP contribution is 2.39. The Morgan fingerprint density at radius 3 is 2.52 bits per heavy atom. The van der Waals surface area contributed by atoms with Crippen molar-refractivity contribution in [2.45, 2.75) is 51.9 Å². The van der Waals surface area contributed by atoms with Crippen LogP contribution >= 0.6 is 0 Å². The van der Waals surface area contributed by atoms with Gasteiger partial charge in [-0.25, -0.2) is 4.98 Å². The molecule has 214 valence electrons. The van der Waals surface area contributed by atoms with Crippen molar-refractivity contribution in [3.05, 3.63) is 41.6 Å². The molecule has 2 saturated heterocycles. The van der Waals surface area contributed by atoms with E-state index in [1.165, 1.54) is 6.26 Å². The number of benzene rings is 1. The molecule has 5 rings (SSSR count). The van der Waals surface area contributed by atoms with Gasteiger partial charge in [0.05, 0.1) is 11.4 Å². The summed E-state index contributed by atoms with van der Waals surface area (Å²) < 4.78 is 5.50. The molecule has 2 N–H and O–H groups in total. The quantitative estimate of drug-likeness (QED) is 0.436.